The number of pyridine rings is 1. The Balaban J connectivity index is 2.09. The highest BCUT2D eigenvalue weighted by Crippen LogP contribution is 2.30. The molecule has 0 aliphatic carbocycles. The molecule has 0 radical (unpaired) electrons. The highest BCUT2D eigenvalue weighted by atomic mass is 79.9. The molecule has 4 heteroatoms. The van der Waals surface area contributed by atoms with E-state index in [4.69, 9.17) is 4.42 Å². The Morgan fingerprint density at radius 1 is 1.26 bits per heavy atom. The quantitative estimate of drug-likeness (QED) is 0.796. The van der Waals surface area contributed by atoms with Gasteiger partial charge in [-0.05, 0) is 46.7 Å². The minimum atomic E-state index is 0.0604. The molecule has 2 aromatic heterocycles. The molecule has 2 heterocycles. The van der Waals surface area contributed by atoms with Gasteiger partial charge in [-0.25, -0.2) is 0 Å². The summed E-state index contributed by atoms with van der Waals surface area (Å²) in [6, 6.07) is 12.3. The highest BCUT2D eigenvalue weighted by molar-refractivity contribution is 9.10. The molecule has 1 atom stereocenters. The SMILES string of the molecule is CNC(c1cnc2ccccc2c1)c1ccoc1Br. The van der Waals surface area contributed by atoms with Crippen LogP contribution in [0.4, 0.5) is 0 Å². The van der Waals surface area contributed by atoms with Crippen LogP contribution in [0, 0.1) is 0 Å². The van der Waals surface area contributed by atoms with Crippen molar-refractivity contribution in [3.8, 4) is 0 Å². The van der Waals surface area contributed by atoms with Crippen molar-refractivity contribution in [2.45, 2.75) is 6.04 Å². The molecule has 96 valence electrons. The van der Waals surface area contributed by atoms with Crippen molar-refractivity contribution in [3.05, 3.63) is 64.7 Å². The van der Waals surface area contributed by atoms with Crippen LogP contribution in [0.25, 0.3) is 10.9 Å². The van der Waals surface area contributed by atoms with Gasteiger partial charge in [0, 0.05) is 17.1 Å². The maximum atomic E-state index is 5.31. The van der Waals surface area contributed by atoms with Gasteiger partial charge in [0.1, 0.15) is 0 Å². The van der Waals surface area contributed by atoms with Gasteiger partial charge in [0.05, 0.1) is 17.8 Å². The third kappa shape index (κ3) is 2.29. The minimum Gasteiger partial charge on any atom is -0.457 e. The molecule has 0 saturated heterocycles. The van der Waals surface area contributed by atoms with Crippen molar-refractivity contribution >= 4 is 26.8 Å². The zero-order chi connectivity index (χ0) is 13.2. The average Bonchev–Trinajstić information content (AvgIpc) is 2.86. The monoisotopic (exact) mass is 316 g/mol. The Labute approximate surface area is 119 Å². The summed E-state index contributed by atoms with van der Waals surface area (Å²) >= 11 is 3.43. The van der Waals surface area contributed by atoms with E-state index in [1.165, 1.54) is 0 Å². The molecule has 3 aromatic rings. The van der Waals surface area contributed by atoms with E-state index in [0.29, 0.717) is 0 Å². The molecule has 1 unspecified atom stereocenters. The summed E-state index contributed by atoms with van der Waals surface area (Å²) in [5.74, 6) is 0. The Hall–Kier alpha value is -1.65. The summed E-state index contributed by atoms with van der Waals surface area (Å²) in [5, 5.41) is 4.44. The fraction of sp³-hybridized carbons (Fsp3) is 0.133. The second-order valence-electron chi connectivity index (χ2n) is 4.33. The number of para-hydroxylation sites is 1. The van der Waals surface area contributed by atoms with E-state index in [2.05, 4.69) is 38.4 Å². The number of fused-ring (bicyclic) bond motifs is 1. The third-order valence-electron chi connectivity index (χ3n) is 3.19. The van der Waals surface area contributed by atoms with Gasteiger partial charge >= 0.3 is 0 Å². The lowest BCUT2D eigenvalue weighted by atomic mass is 10.0. The number of hydrogen-bond donors (Lipinski definition) is 1. The van der Waals surface area contributed by atoms with Crippen LogP contribution in [0.1, 0.15) is 17.2 Å². The van der Waals surface area contributed by atoms with Crippen molar-refractivity contribution < 1.29 is 4.42 Å². The molecule has 0 aliphatic heterocycles. The van der Waals surface area contributed by atoms with Crippen molar-refractivity contribution in [2.75, 3.05) is 7.05 Å². The molecular formula is C15H13BrN2O. The molecule has 3 rings (SSSR count). The molecular weight excluding hydrogens is 304 g/mol. The second kappa shape index (κ2) is 5.15. The molecule has 0 bridgehead atoms. The molecule has 3 nitrogen and oxygen atoms in total. The molecule has 0 spiro atoms. The van der Waals surface area contributed by atoms with Gasteiger partial charge in [0.15, 0.2) is 4.67 Å². The van der Waals surface area contributed by atoms with Crippen molar-refractivity contribution in [3.63, 3.8) is 0 Å². The van der Waals surface area contributed by atoms with Gasteiger partial charge in [-0.3, -0.25) is 4.98 Å². The molecule has 0 aliphatic rings. The molecule has 0 fully saturated rings. The predicted octanol–water partition coefficient (Wildman–Crippen LogP) is 3.90. The summed E-state index contributed by atoms with van der Waals surface area (Å²) < 4.78 is 6.06. The van der Waals surface area contributed by atoms with E-state index >= 15 is 0 Å². The standard InChI is InChI=1S/C15H13BrN2O/c1-17-14(12-6-7-19-15(12)16)11-8-10-4-2-3-5-13(10)18-9-11/h2-9,14,17H,1H3. The Kier molecular flexibility index (Phi) is 3.36. The van der Waals surface area contributed by atoms with Crippen molar-refractivity contribution in [1.82, 2.24) is 10.3 Å². The number of aromatic nitrogens is 1. The Morgan fingerprint density at radius 3 is 2.84 bits per heavy atom. The zero-order valence-corrected chi connectivity index (χ0v) is 12.0. The van der Waals surface area contributed by atoms with E-state index in [9.17, 15) is 0 Å². The lowest BCUT2D eigenvalue weighted by Gasteiger charge is -2.15. The first-order valence-electron chi connectivity index (χ1n) is 6.04. The third-order valence-corrected chi connectivity index (χ3v) is 3.84. The summed E-state index contributed by atoms with van der Waals surface area (Å²) in [5.41, 5.74) is 3.19. The van der Waals surface area contributed by atoms with E-state index in [1.807, 2.05) is 37.5 Å². The van der Waals surface area contributed by atoms with Crippen LogP contribution in [-0.4, -0.2) is 12.0 Å². The first kappa shape index (κ1) is 12.4. The number of nitrogens with one attached hydrogen (secondary N) is 1. The number of nitrogens with zero attached hydrogens (tertiary/aromatic N) is 1. The van der Waals surface area contributed by atoms with Gasteiger partial charge in [0.25, 0.3) is 0 Å². The van der Waals surface area contributed by atoms with Crippen LogP contribution in [0.2, 0.25) is 0 Å². The Bertz CT molecular complexity index is 708. The Morgan fingerprint density at radius 2 is 2.11 bits per heavy atom. The normalized spacial score (nSPS) is 12.7. The van der Waals surface area contributed by atoms with Crippen LogP contribution >= 0.6 is 15.9 Å². The van der Waals surface area contributed by atoms with Crippen LogP contribution in [0.15, 0.2) is 57.9 Å². The molecule has 19 heavy (non-hydrogen) atoms. The topological polar surface area (TPSA) is 38.1 Å². The van der Waals surface area contributed by atoms with Gasteiger partial charge in [-0.2, -0.15) is 0 Å². The minimum absolute atomic E-state index is 0.0604. The maximum absolute atomic E-state index is 5.31. The maximum Gasteiger partial charge on any atom is 0.174 e. The van der Waals surface area contributed by atoms with Gasteiger partial charge in [0.2, 0.25) is 0 Å². The van der Waals surface area contributed by atoms with E-state index in [-0.39, 0.29) is 6.04 Å². The largest absolute Gasteiger partial charge is 0.457 e. The lowest BCUT2D eigenvalue weighted by Crippen LogP contribution is -2.17. The fourth-order valence-electron chi connectivity index (χ4n) is 2.26. The average molecular weight is 317 g/mol. The smallest absolute Gasteiger partial charge is 0.174 e. The zero-order valence-electron chi connectivity index (χ0n) is 10.4. The van der Waals surface area contributed by atoms with Gasteiger partial charge < -0.3 is 9.73 Å². The summed E-state index contributed by atoms with van der Waals surface area (Å²) in [4.78, 5) is 4.50. The first-order valence-corrected chi connectivity index (χ1v) is 6.84. The number of rotatable bonds is 3. The molecule has 0 amide bonds. The lowest BCUT2D eigenvalue weighted by molar-refractivity contribution is 0.530. The molecule has 1 aromatic carbocycles. The summed E-state index contributed by atoms with van der Waals surface area (Å²) in [7, 11) is 1.93. The van der Waals surface area contributed by atoms with Gasteiger partial charge in [-0.15, -0.1) is 0 Å². The summed E-state index contributed by atoms with van der Waals surface area (Å²) in [6.07, 6.45) is 3.58. The molecule has 0 saturated carbocycles. The van der Waals surface area contributed by atoms with E-state index < -0.39 is 0 Å². The van der Waals surface area contributed by atoms with E-state index in [1.54, 1.807) is 6.26 Å². The summed E-state index contributed by atoms with van der Waals surface area (Å²) in [6.45, 7) is 0. The van der Waals surface area contributed by atoms with E-state index in [0.717, 1.165) is 26.7 Å². The number of benzene rings is 1. The van der Waals surface area contributed by atoms with Crippen molar-refractivity contribution in [2.24, 2.45) is 0 Å². The number of hydrogen-bond acceptors (Lipinski definition) is 3. The highest BCUT2D eigenvalue weighted by Gasteiger charge is 2.17. The molecule has 1 N–H and O–H groups in total. The van der Waals surface area contributed by atoms with Crippen LogP contribution in [0.5, 0.6) is 0 Å². The second-order valence-corrected chi connectivity index (χ2v) is 5.05. The van der Waals surface area contributed by atoms with Crippen molar-refractivity contribution in [1.29, 1.82) is 0 Å². The predicted molar refractivity (Wildman–Crippen MR) is 79.1 cm³/mol. The van der Waals surface area contributed by atoms with Crippen LogP contribution in [-0.2, 0) is 0 Å². The number of furan rings is 1. The first-order chi connectivity index (χ1) is 9.29. The fourth-order valence-corrected chi connectivity index (χ4v) is 2.73. The van der Waals surface area contributed by atoms with Gasteiger partial charge in [-0.1, -0.05) is 18.2 Å². The van der Waals surface area contributed by atoms with Crippen LogP contribution < -0.4 is 5.32 Å². The van der Waals surface area contributed by atoms with Crippen LogP contribution in [0.3, 0.4) is 0 Å². The number of halogens is 1.